The van der Waals surface area contributed by atoms with Gasteiger partial charge in [-0.2, -0.15) is 26.3 Å². The Balaban J connectivity index is 1.97. The molecule has 1 aromatic rings. The smallest absolute Gasteiger partial charge is 0.383 e. The summed E-state index contributed by atoms with van der Waals surface area (Å²) in [7, 11) is 0. The Morgan fingerprint density at radius 3 is 2.05 bits per heavy atom. The third-order valence-corrected chi connectivity index (χ3v) is 3.59. The van der Waals surface area contributed by atoms with Crippen molar-refractivity contribution in [2.45, 2.75) is 31.3 Å². The topological polar surface area (TPSA) is 49.2 Å². The molecule has 124 valence electrons. The van der Waals surface area contributed by atoms with Crippen LogP contribution in [0.1, 0.15) is 18.5 Å². The van der Waals surface area contributed by atoms with E-state index in [1.807, 2.05) is 0 Å². The molecule has 2 rings (SSSR count). The van der Waals surface area contributed by atoms with Gasteiger partial charge in [-0.3, -0.25) is 0 Å². The van der Waals surface area contributed by atoms with Gasteiger partial charge in [0.2, 0.25) is 0 Å². The second-order valence-electron chi connectivity index (χ2n) is 5.09. The number of aliphatic hydroxyl groups is 1. The number of aliphatic hydroxyl groups excluding tert-OH is 1. The summed E-state index contributed by atoms with van der Waals surface area (Å²) in [4.78, 5) is 1.55. The molecule has 1 aliphatic rings. The second kappa shape index (κ2) is 5.90. The Bertz CT molecular complexity index is 493. The van der Waals surface area contributed by atoms with E-state index in [1.54, 1.807) is 4.90 Å². The van der Waals surface area contributed by atoms with Gasteiger partial charge in [0.25, 0.3) is 0 Å². The average molecular weight is 329 g/mol. The minimum absolute atomic E-state index is 0.0728. The van der Waals surface area contributed by atoms with E-state index in [9.17, 15) is 31.4 Å². The van der Waals surface area contributed by atoms with Crippen LogP contribution in [0.4, 0.5) is 32.2 Å². The molecule has 0 saturated carbocycles. The molecule has 2 heterocycles. The number of piperidine rings is 1. The largest absolute Gasteiger partial charge is 0.435 e. The SMILES string of the molecule is OC(C1CCN(c2ccc(C(F)(F)F)nn2)CC1)C(F)(F)F. The predicted octanol–water partition coefficient (Wildman–Crippen LogP) is 2.64. The van der Waals surface area contributed by atoms with Crippen LogP contribution in [0, 0.1) is 5.92 Å². The van der Waals surface area contributed by atoms with Crippen LogP contribution in [0.5, 0.6) is 0 Å². The molecule has 0 radical (unpaired) electrons. The van der Waals surface area contributed by atoms with Crippen molar-refractivity contribution in [1.82, 2.24) is 10.2 Å². The van der Waals surface area contributed by atoms with E-state index in [-0.39, 0.29) is 31.7 Å². The average Bonchev–Trinajstić information content (AvgIpc) is 2.45. The molecule has 0 amide bonds. The third kappa shape index (κ3) is 3.79. The number of rotatable bonds is 2. The number of halogens is 6. The molecule has 0 aromatic carbocycles. The van der Waals surface area contributed by atoms with Crippen molar-refractivity contribution in [3.63, 3.8) is 0 Å². The highest BCUT2D eigenvalue weighted by molar-refractivity contribution is 5.38. The van der Waals surface area contributed by atoms with Crippen LogP contribution in [0.3, 0.4) is 0 Å². The molecule has 1 atom stereocenters. The monoisotopic (exact) mass is 329 g/mol. The molecule has 4 nitrogen and oxygen atoms in total. The summed E-state index contributed by atoms with van der Waals surface area (Å²) < 4.78 is 74.3. The highest BCUT2D eigenvalue weighted by atomic mass is 19.4. The van der Waals surface area contributed by atoms with Gasteiger partial charge in [0, 0.05) is 13.1 Å². The van der Waals surface area contributed by atoms with Gasteiger partial charge < -0.3 is 10.0 Å². The van der Waals surface area contributed by atoms with Crippen molar-refractivity contribution in [3.05, 3.63) is 17.8 Å². The van der Waals surface area contributed by atoms with Crippen LogP contribution in [0.25, 0.3) is 0 Å². The normalized spacial score (nSPS) is 19.3. The fraction of sp³-hybridized carbons (Fsp3) is 0.667. The standard InChI is InChI=1S/C12H13F6N3O/c13-11(14,15)8-1-2-9(20-19-8)21-5-3-7(4-6-21)10(22)12(16,17)18/h1-2,7,10,22H,3-6H2. The van der Waals surface area contributed by atoms with Crippen molar-refractivity contribution in [3.8, 4) is 0 Å². The van der Waals surface area contributed by atoms with E-state index >= 15 is 0 Å². The molecule has 1 N–H and O–H groups in total. The second-order valence-corrected chi connectivity index (χ2v) is 5.09. The highest BCUT2D eigenvalue weighted by Crippen LogP contribution is 2.33. The number of anilines is 1. The van der Waals surface area contributed by atoms with Gasteiger partial charge in [0.15, 0.2) is 17.6 Å². The molecular formula is C12H13F6N3O. The molecule has 1 aromatic heterocycles. The maximum Gasteiger partial charge on any atom is 0.435 e. The van der Waals surface area contributed by atoms with Gasteiger partial charge in [-0.05, 0) is 30.9 Å². The minimum atomic E-state index is -4.67. The van der Waals surface area contributed by atoms with Crippen LogP contribution < -0.4 is 4.90 Å². The van der Waals surface area contributed by atoms with Gasteiger partial charge in [-0.25, -0.2) is 0 Å². The first-order valence-electron chi connectivity index (χ1n) is 6.49. The first-order chi connectivity index (χ1) is 10.1. The lowest BCUT2D eigenvalue weighted by molar-refractivity contribution is -0.221. The summed E-state index contributed by atoms with van der Waals surface area (Å²) in [6.45, 7) is 0.329. The van der Waals surface area contributed by atoms with Gasteiger partial charge in [-0.1, -0.05) is 0 Å². The van der Waals surface area contributed by atoms with Crippen LogP contribution in [-0.4, -0.2) is 40.7 Å². The minimum Gasteiger partial charge on any atom is -0.383 e. The predicted molar refractivity (Wildman–Crippen MR) is 64.0 cm³/mol. The third-order valence-electron chi connectivity index (χ3n) is 3.59. The summed E-state index contributed by atoms with van der Waals surface area (Å²) in [6, 6.07) is 1.91. The molecule has 1 unspecified atom stereocenters. The van der Waals surface area contributed by atoms with E-state index in [4.69, 9.17) is 0 Å². The Labute approximate surface area is 121 Å². The molecule has 0 spiro atoms. The first kappa shape index (κ1) is 16.8. The molecular weight excluding hydrogens is 316 g/mol. The quantitative estimate of drug-likeness (QED) is 0.848. The molecule has 1 aliphatic heterocycles. The number of alkyl halides is 6. The zero-order chi connectivity index (χ0) is 16.5. The zero-order valence-corrected chi connectivity index (χ0v) is 11.2. The maximum absolute atomic E-state index is 12.4. The Morgan fingerprint density at radius 1 is 1.05 bits per heavy atom. The number of hydrogen-bond donors (Lipinski definition) is 1. The zero-order valence-electron chi connectivity index (χ0n) is 11.2. The van der Waals surface area contributed by atoms with Gasteiger partial charge >= 0.3 is 12.4 Å². The summed E-state index contributed by atoms with van der Waals surface area (Å²) in [5.74, 6) is -0.744. The van der Waals surface area contributed by atoms with Crippen molar-refractivity contribution in [2.24, 2.45) is 5.92 Å². The summed E-state index contributed by atoms with van der Waals surface area (Å²) in [5, 5.41) is 15.7. The fourth-order valence-electron chi connectivity index (χ4n) is 2.36. The van der Waals surface area contributed by atoms with Crippen molar-refractivity contribution in [1.29, 1.82) is 0 Å². The Morgan fingerprint density at radius 2 is 1.64 bits per heavy atom. The molecule has 10 heteroatoms. The lowest BCUT2D eigenvalue weighted by Crippen LogP contribution is -2.43. The van der Waals surface area contributed by atoms with Crippen molar-refractivity contribution < 1.29 is 31.4 Å². The van der Waals surface area contributed by atoms with Crippen LogP contribution in [-0.2, 0) is 6.18 Å². The first-order valence-corrected chi connectivity index (χ1v) is 6.49. The lowest BCUT2D eigenvalue weighted by atomic mass is 9.91. The summed E-state index contributed by atoms with van der Waals surface area (Å²) >= 11 is 0. The van der Waals surface area contributed by atoms with Crippen LogP contribution >= 0.6 is 0 Å². The number of nitrogens with zero attached hydrogens (tertiary/aromatic N) is 3. The van der Waals surface area contributed by atoms with Crippen molar-refractivity contribution >= 4 is 5.82 Å². The van der Waals surface area contributed by atoms with Crippen molar-refractivity contribution in [2.75, 3.05) is 18.0 Å². The van der Waals surface area contributed by atoms with E-state index < -0.39 is 30.1 Å². The lowest BCUT2D eigenvalue weighted by Gasteiger charge is -2.35. The van der Waals surface area contributed by atoms with Gasteiger partial charge in [0.1, 0.15) is 0 Å². The molecule has 0 bridgehead atoms. The maximum atomic E-state index is 12.4. The van der Waals surface area contributed by atoms with E-state index in [0.29, 0.717) is 0 Å². The molecule has 22 heavy (non-hydrogen) atoms. The van der Waals surface area contributed by atoms with Gasteiger partial charge in [0.05, 0.1) is 0 Å². The molecule has 0 aliphatic carbocycles. The Hall–Kier alpha value is -1.58. The molecule has 1 fully saturated rings. The number of aromatic nitrogens is 2. The van der Waals surface area contributed by atoms with E-state index in [2.05, 4.69) is 10.2 Å². The fourth-order valence-corrected chi connectivity index (χ4v) is 2.36. The highest BCUT2D eigenvalue weighted by Gasteiger charge is 2.44. The molecule has 1 saturated heterocycles. The van der Waals surface area contributed by atoms with Crippen LogP contribution in [0.2, 0.25) is 0 Å². The number of hydrogen-bond acceptors (Lipinski definition) is 4. The summed E-state index contributed by atoms with van der Waals surface area (Å²) in [6.07, 6.45) is -11.5. The van der Waals surface area contributed by atoms with Gasteiger partial charge in [-0.15, -0.1) is 10.2 Å². The summed E-state index contributed by atoms with van der Waals surface area (Å²) in [5.41, 5.74) is -1.13. The van der Waals surface area contributed by atoms with E-state index in [1.165, 1.54) is 0 Å². The Kier molecular flexibility index (Phi) is 4.50. The van der Waals surface area contributed by atoms with E-state index in [0.717, 1.165) is 12.1 Å². The van der Waals surface area contributed by atoms with Crippen LogP contribution in [0.15, 0.2) is 12.1 Å².